The third-order valence-electron chi connectivity index (χ3n) is 3.43. The minimum atomic E-state index is 0.817. The van der Waals surface area contributed by atoms with Gasteiger partial charge >= 0.3 is 0 Å². The third kappa shape index (κ3) is 2.54. The molecule has 2 aromatic rings. The van der Waals surface area contributed by atoms with Gasteiger partial charge in [-0.1, -0.05) is 24.7 Å². The minimum absolute atomic E-state index is 0.817. The van der Waals surface area contributed by atoms with Crippen LogP contribution < -0.4 is 0 Å². The zero-order valence-electron chi connectivity index (χ0n) is 10.2. The lowest BCUT2D eigenvalue weighted by Crippen LogP contribution is -2.04. The summed E-state index contributed by atoms with van der Waals surface area (Å²) in [4.78, 5) is 9.42. The number of H-pyrrole nitrogens is 1. The molecule has 0 bridgehead atoms. The van der Waals surface area contributed by atoms with Gasteiger partial charge in [-0.25, -0.2) is 4.98 Å². The first-order valence-corrected chi connectivity index (χ1v) is 7.75. The van der Waals surface area contributed by atoms with E-state index in [1.54, 1.807) is 11.3 Å². The van der Waals surface area contributed by atoms with Gasteiger partial charge in [0.15, 0.2) is 0 Å². The number of nitrogens with one attached hydrogen (secondary N) is 1. The maximum absolute atomic E-state index is 5.45. The van der Waals surface area contributed by atoms with Crippen molar-refractivity contribution in [2.75, 3.05) is 0 Å². The molecule has 2 nitrogen and oxygen atoms in total. The third-order valence-corrected chi connectivity index (χ3v) is 4.64. The van der Waals surface area contributed by atoms with E-state index in [2.05, 4.69) is 27.5 Å². The number of rotatable bonds is 2. The molecular formula is C14H16N2S2. The zero-order valence-corrected chi connectivity index (χ0v) is 11.9. The number of aryl methyl sites for hydroxylation is 1. The Balaban J connectivity index is 1.95. The Labute approximate surface area is 116 Å². The summed E-state index contributed by atoms with van der Waals surface area (Å²) in [6.45, 7) is 0. The monoisotopic (exact) mass is 276 g/mol. The largest absolute Gasteiger partial charge is 0.347 e. The minimum Gasteiger partial charge on any atom is -0.347 e. The topological polar surface area (TPSA) is 28.7 Å². The molecule has 0 saturated carbocycles. The highest BCUT2D eigenvalue weighted by Crippen LogP contribution is 2.21. The quantitative estimate of drug-likeness (QED) is 0.662. The van der Waals surface area contributed by atoms with Gasteiger partial charge in [0, 0.05) is 22.6 Å². The van der Waals surface area contributed by atoms with E-state index in [0.717, 1.165) is 29.7 Å². The molecule has 2 aromatic heterocycles. The second kappa shape index (κ2) is 5.33. The average Bonchev–Trinajstić information content (AvgIpc) is 2.73. The van der Waals surface area contributed by atoms with Gasteiger partial charge < -0.3 is 4.98 Å². The van der Waals surface area contributed by atoms with Crippen molar-refractivity contribution in [2.45, 2.75) is 38.5 Å². The highest BCUT2D eigenvalue weighted by atomic mass is 32.1. The van der Waals surface area contributed by atoms with Gasteiger partial charge in [-0.05, 0) is 37.1 Å². The second-order valence-electron chi connectivity index (χ2n) is 4.76. The molecule has 4 heteroatoms. The fraction of sp³-hybridized carbons (Fsp3) is 0.429. The predicted octanol–water partition coefficient (Wildman–Crippen LogP) is 4.06. The number of fused-ring (bicyclic) bond motifs is 1. The number of aromatic amines is 1. The molecule has 2 heterocycles. The zero-order chi connectivity index (χ0) is 12.4. The van der Waals surface area contributed by atoms with Gasteiger partial charge in [-0.15, -0.1) is 11.3 Å². The van der Waals surface area contributed by atoms with Crippen molar-refractivity contribution in [1.29, 1.82) is 0 Å². The van der Waals surface area contributed by atoms with Crippen LogP contribution in [-0.4, -0.2) is 9.97 Å². The molecule has 0 aliphatic heterocycles. The average molecular weight is 276 g/mol. The molecular weight excluding hydrogens is 260 g/mol. The molecule has 0 fully saturated rings. The standard InChI is InChI=1S/C14H16N2S2/c17-14-11-6-2-1-3-7-12(11)15-13(16-14)9-10-5-4-8-18-10/h4-5,8H,1-3,6-7,9H2,(H,15,16,17). The van der Waals surface area contributed by atoms with E-state index in [1.165, 1.54) is 35.4 Å². The van der Waals surface area contributed by atoms with Crippen LogP contribution >= 0.6 is 23.6 Å². The first-order chi connectivity index (χ1) is 8.83. The highest BCUT2D eigenvalue weighted by Gasteiger charge is 2.12. The lowest BCUT2D eigenvalue weighted by Gasteiger charge is -2.08. The van der Waals surface area contributed by atoms with Crippen LogP contribution in [0.15, 0.2) is 17.5 Å². The second-order valence-corrected chi connectivity index (χ2v) is 6.18. The Kier molecular flexibility index (Phi) is 3.57. The van der Waals surface area contributed by atoms with E-state index in [-0.39, 0.29) is 0 Å². The lowest BCUT2D eigenvalue weighted by molar-refractivity contribution is 0.708. The normalized spacial score (nSPS) is 15.1. The summed E-state index contributed by atoms with van der Waals surface area (Å²) >= 11 is 7.23. The maximum atomic E-state index is 5.45. The lowest BCUT2D eigenvalue weighted by atomic mass is 10.1. The summed E-state index contributed by atoms with van der Waals surface area (Å²) in [5, 5.41) is 2.10. The van der Waals surface area contributed by atoms with Crippen LogP contribution in [0.2, 0.25) is 0 Å². The number of hydrogen-bond acceptors (Lipinski definition) is 3. The fourth-order valence-electron chi connectivity index (χ4n) is 2.51. The molecule has 0 unspecified atom stereocenters. The van der Waals surface area contributed by atoms with Crippen molar-refractivity contribution in [2.24, 2.45) is 0 Å². The van der Waals surface area contributed by atoms with Gasteiger partial charge in [0.2, 0.25) is 0 Å². The van der Waals surface area contributed by atoms with Gasteiger partial charge in [-0.3, -0.25) is 0 Å². The summed E-state index contributed by atoms with van der Waals surface area (Å²) in [5.74, 6) is 1.02. The van der Waals surface area contributed by atoms with Crippen molar-refractivity contribution in [3.63, 3.8) is 0 Å². The van der Waals surface area contributed by atoms with E-state index in [0.29, 0.717) is 0 Å². The van der Waals surface area contributed by atoms with Gasteiger partial charge in [-0.2, -0.15) is 0 Å². The van der Waals surface area contributed by atoms with Crippen LogP contribution in [0.1, 0.15) is 41.2 Å². The van der Waals surface area contributed by atoms with Gasteiger partial charge in [0.25, 0.3) is 0 Å². The molecule has 0 atom stereocenters. The van der Waals surface area contributed by atoms with E-state index < -0.39 is 0 Å². The predicted molar refractivity (Wildman–Crippen MR) is 77.8 cm³/mol. The molecule has 0 amide bonds. The molecule has 0 radical (unpaired) electrons. The summed E-state index contributed by atoms with van der Waals surface area (Å²) in [6.07, 6.45) is 6.90. The van der Waals surface area contributed by atoms with Crippen LogP contribution in [0.4, 0.5) is 0 Å². The van der Waals surface area contributed by atoms with Crippen LogP contribution in [0.3, 0.4) is 0 Å². The SMILES string of the molecule is S=c1nc(Cc2cccs2)[nH]c2c1CCCCC2. The summed E-state index contributed by atoms with van der Waals surface area (Å²) in [6, 6.07) is 4.23. The van der Waals surface area contributed by atoms with Crippen molar-refractivity contribution in [3.8, 4) is 0 Å². The van der Waals surface area contributed by atoms with Gasteiger partial charge in [0.05, 0.1) is 0 Å². The van der Waals surface area contributed by atoms with Crippen LogP contribution in [0, 0.1) is 4.64 Å². The smallest absolute Gasteiger partial charge is 0.133 e. The van der Waals surface area contributed by atoms with Crippen molar-refractivity contribution < 1.29 is 0 Å². The Morgan fingerprint density at radius 1 is 1.28 bits per heavy atom. The van der Waals surface area contributed by atoms with Crippen LogP contribution in [0.25, 0.3) is 0 Å². The number of hydrogen-bond donors (Lipinski definition) is 1. The van der Waals surface area contributed by atoms with Crippen LogP contribution in [0.5, 0.6) is 0 Å². The number of nitrogens with zero attached hydrogens (tertiary/aromatic N) is 1. The Bertz CT molecular complexity index is 584. The molecule has 1 N–H and O–H groups in total. The summed E-state index contributed by atoms with van der Waals surface area (Å²) < 4.78 is 0.817. The van der Waals surface area contributed by atoms with E-state index in [4.69, 9.17) is 12.2 Å². The van der Waals surface area contributed by atoms with E-state index >= 15 is 0 Å². The molecule has 0 spiro atoms. The van der Waals surface area contributed by atoms with E-state index in [9.17, 15) is 0 Å². The Morgan fingerprint density at radius 3 is 3.00 bits per heavy atom. The van der Waals surface area contributed by atoms with E-state index in [1.807, 2.05) is 0 Å². The maximum Gasteiger partial charge on any atom is 0.133 e. The molecule has 3 rings (SSSR count). The molecule has 0 saturated heterocycles. The highest BCUT2D eigenvalue weighted by molar-refractivity contribution is 7.71. The van der Waals surface area contributed by atoms with Crippen molar-refractivity contribution in [1.82, 2.24) is 9.97 Å². The first-order valence-electron chi connectivity index (χ1n) is 6.46. The Hall–Kier alpha value is -1.00. The summed E-state index contributed by atoms with van der Waals surface area (Å²) in [7, 11) is 0. The summed E-state index contributed by atoms with van der Waals surface area (Å²) in [5.41, 5.74) is 2.62. The molecule has 18 heavy (non-hydrogen) atoms. The molecule has 1 aliphatic carbocycles. The van der Waals surface area contributed by atoms with Crippen molar-refractivity contribution >= 4 is 23.6 Å². The van der Waals surface area contributed by atoms with Crippen molar-refractivity contribution in [3.05, 3.63) is 44.1 Å². The van der Waals surface area contributed by atoms with Crippen LogP contribution in [-0.2, 0) is 19.3 Å². The fourth-order valence-corrected chi connectivity index (χ4v) is 3.55. The van der Waals surface area contributed by atoms with Gasteiger partial charge in [0.1, 0.15) is 10.5 Å². The number of aromatic nitrogens is 2. The molecule has 1 aliphatic rings. The Morgan fingerprint density at radius 2 is 2.17 bits per heavy atom. The number of thiophene rings is 1. The molecule has 0 aromatic carbocycles. The molecule has 94 valence electrons. The first kappa shape index (κ1) is 12.1.